The number of rotatable bonds is 6. The zero-order chi connectivity index (χ0) is 23.2. The smallest absolute Gasteiger partial charge is 0.209 e. The van der Waals surface area contributed by atoms with Crippen molar-refractivity contribution in [2.24, 2.45) is 7.05 Å². The predicted octanol–water partition coefficient (Wildman–Crippen LogP) is 4.90. The molecule has 1 N–H and O–H groups in total. The molecule has 170 valence electrons. The standard InChI is InChI=1S/C25H28N6O2/c1-16(32)12-17-13-19(8-10-26-17)33-18-6-7-20-21(14-18)30(4)24(27-20)28-23-15-22-25(2,3)9-5-11-31(22)29-23/h6-8,10,13-15H,5,9,11-12H2,1-4H3,(H,27,28,29). The summed E-state index contributed by atoms with van der Waals surface area (Å²) in [7, 11) is 1.97. The molecule has 8 nitrogen and oxygen atoms in total. The van der Waals surface area contributed by atoms with Gasteiger partial charge in [0.05, 0.1) is 16.7 Å². The van der Waals surface area contributed by atoms with Crippen LogP contribution in [0.3, 0.4) is 0 Å². The highest BCUT2D eigenvalue weighted by Gasteiger charge is 2.29. The Morgan fingerprint density at radius 1 is 1.18 bits per heavy atom. The van der Waals surface area contributed by atoms with Crippen molar-refractivity contribution in [3.8, 4) is 11.5 Å². The highest BCUT2D eigenvalue weighted by molar-refractivity contribution is 5.81. The van der Waals surface area contributed by atoms with E-state index >= 15 is 0 Å². The highest BCUT2D eigenvalue weighted by atomic mass is 16.5. The number of pyridine rings is 1. The van der Waals surface area contributed by atoms with Crippen molar-refractivity contribution in [1.82, 2.24) is 24.3 Å². The van der Waals surface area contributed by atoms with Crippen LogP contribution in [0.5, 0.6) is 11.5 Å². The number of aryl methyl sites for hydroxylation is 2. The van der Waals surface area contributed by atoms with Crippen molar-refractivity contribution in [3.05, 3.63) is 54.0 Å². The van der Waals surface area contributed by atoms with E-state index in [4.69, 9.17) is 14.8 Å². The first-order valence-corrected chi connectivity index (χ1v) is 11.2. The van der Waals surface area contributed by atoms with Crippen LogP contribution in [-0.4, -0.2) is 30.1 Å². The molecule has 0 atom stereocenters. The Morgan fingerprint density at radius 2 is 2.00 bits per heavy atom. The molecule has 8 heteroatoms. The lowest BCUT2D eigenvalue weighted by Crippen LogP contribution is -2.27. The van der Waals surface area contributed by atoms with Crippen molar-refractivity contribution in [3.63, 3.8) is 0 Å². The number of fused-ring (bicyclic) bond motifs is 2. The highest BCUT2D eigenvalue weighted by Crippen LogP contribution is 2.35. The Hall–Kier alpha value is -3.68. The molecule has 0 saturated carbocycles. The molecule has 0 aliphatic carbocycles. The number of Topliss-reactive ketones (excluding diaryl/α,β-unsaturated/α-hetero) is 1. The number of ether oxygens (including phenoxy) is 1. The summed E-state index contributed by atoms with van der Waals surface area (Å²) >= 11 is 0. The zero-order valence-corrected chi connectivity index (χ0v) is 19.4. The van der Waals surface area contributed by atoms with Gasteiger partial charge in [-0.1, -0.05) is 13.8 Å². The average Bonchev–Trinajstić information content (AvgIpc) is 3.30. The minimum atomic E-state index is 0.0677. The Kier molecular flexibility index (Phi) is 5.15. The second kappa shape index (κ2) is 8.03. The Labute approximate surface area is 192 Å². The summed E-state index contributed by atoms with van der Waals surface area (Å²) in [4.78, 5) is 20.4. The van der Waals surface area contributed by atoms with Gasteiger partial charge in [0.15, 0.2) is 5.82 Å². The predicted molar refractivity (Wildman–Crippen MR) is 127 cm³/mol. The monoisotopic (exact) mass is 444 g/mol. The molecule has 33 heavy (non-hydrogen) atoms. The van der Waals surface area contributed by atoms with E-state index in [1.54, 1.807) is 25.3 Å². The molecular weight excluding hydrogens is 416 g/mol. The van der Waals surface area contributed by atoms with Crippen LogP contribution >= 0.6 is 0 Å². The third kappa shape index (κ3) is 4.20. The van der Waals surface area contributed by atoms with E-state index in [2.05, 4.69) is 34.9 Å². The van der Waals surface area contributed by atoms with Gasteiger partial charge >= 0.3 is 0 Å². The number of hydrogen-bond donors (Lipinski definition) is 1. The third-order valence-electron chi connectivity index (χ3n) is 6.19. The van der Waals surface area contributed by atoms with Crippen LogP contribution in [0.15, 0.2) is 42.6 Å². The lowest BCUT2D eigenvalue weighted by atomic mass is 9.82. The van der Waals surface area contributed by atoms with E-state index in [1.807, 2.05) is 29.8 Å². The summed E-state index contributed by atoms with van der Waals surface area (Å²) in [6.07, 6.45) is 4.26. The molecule has 4 aromatic rings. The topological polar surface area (TPSA) is 86.9 Å². The number of carbonyl (C=O) groups excluding carboxylic acids is 1. The maximum atomic E-state index is 11.4. The number of ketones is 1. The lowest BCUT2D eigenvalue weighted by molar-refractivity contribution is -0.116. The molecule has 0 radical (unpaired) electrons. The number of hydrogen-bond acceptors (Lipinski definition) is 6. The molecule has 3 aromatic heterocycles. The average molecular weight is 445 g/mol. The van der Waals surface area contributed by atoms with Gasteiger partial charge in [0, 0.05) is 55.5 Å². The number of aromatic nitrogens is 5. The third-order valence-corrected chi connectivity index (χ3v) is 6.19. The summed E-state index contributed by atoms with van der Waals surface area (Å²) in [5, 5.41) is 8.14. The molecule has 0 saturated heterocycles. The summed E-state index contributed by atoms with van der Waals surface area (Å²) in [6, 6.07) is 11.5. The zero-order valence-electron chi connectivity index (χ0n) is 19.4. The second-order valence-corrected chi connectivity index (χ2v) is 9.36. The van der Waals surface area contributed by atoms with Gasteiger partial charge in [0.1, 0.15) is 17.3 Å². The molecule has 1 aromatic carbocycles. The molecule has 0 unspecified atom stereocenters. The maximum absolute atomic E-state index is 11.4. The fourth-order valence-electron chi connectivity index (χ4n) is 4.46. The van der Waals surface area contributed by atoms with E-state index in [1.165, 1.54) is 12.1 Å². The number of nitrogens with zero attached hydrogens (tertiary/aromatic N) is 5. The number of imidazole rings is 1. The first kappa shape index (κ1) is 21.2. The van der Waals surface area contributed by atoms with Gasteiger partial charge in [0.2, 0.25) is 5.95 Å². The molecule has 0 bridgehead atoms. The van der Waals surface area contributed by atoms with Crippen LogP contribution in [0, 0.1) is 0 Å². The number of nitrogens with one attached hydrogen (secondary N) is 1. The van der Waals surface area contributed by atoms with Gasteiger partial charge in [-0.15, -0.1) is 0 Å². The van der Waals surface area contributed by atoms with Gasteiger partial charge < -0.3 is 14.6 Å². The van der Waals surface area contributed by atoms with Crippen molar-refractivity contribution in [2.45, 2.75) is 52.0 Å². The molecule has 0 spiro atoms. The largest absolute Gasteiger partial charge is 0.457 e. The van der Waals surface area contributed by atoms with Gasteiger partial charge in [-0.3, -0.25) is 14.5 Å². The van der Waals surface area contributed by atoms with Crippen molar-refractivity contribution >= 4 is 28.6 Å². The summed E-state index contributed by atoms with van der Waals surface area (Å²) in [6.45, 7) is 7.04. The van der Waals surface area contributed by atoms with Crippen molar-refractivity contribution in [1.29, 1.82) is 0 Å². The van der Waals surface area contributed by atoms with E-state index in [-0.39, 0.29) is 11.2 Å². The maximum Gasteiger partial charge on any atom is 0.209 e. The van der Waals surface area contributed by atoms with Gasteiger partial charge in [-0.05, 0) is 38.0 Å². The van der Waals surface area contributed by atoms with Crippen molar-refractivity contribution < 1.29 is 9.53 Å². The SMILES string of the molecule is CC(=O)Cc1cc(Oc2ccc3nc(Nc4cc5n(n4)CCCC5(C)C)n(C)c3c2)ccn1. The first-order valence-electron chi connectivity index (χ1n) is 11.2. The van der Waals surface area contributed by atoms with Gasteiger partial charge in [0.25, 0.3) is 0 Å². The molecule has 0 fully saturated rings. The summed E-state index contributed by atoms with van der Waals surface area (Å²) in [5.74, 6) is 2.94. The van der Waals surface area contributed by atoms with Crippen LogP contribution in [0.4, 0.5) is 11.8 Å². The Morgan fingerprint density at radius 3 is 2.79 bits per heavy atom. The molecule has 1 aliphatic heterocycles. The van der Waals surface area contributed by atoms with Crippen LogP contribution < -0.4 is 10.1 Å². The number of anilines is 2. The lowest BCUT2D eigenvalue weighted by Gasteiger charge is -2.30. The van der Waals surface area contributed by atoms with Gasteiger partial charge in [-0.25, -0.2) is 4.98 Å². The number of carbonyl (C=O) groups is 1. The molecule has 4 heterocycles. The van der Waals surface area contributed by atoms with E-state index in [0.717, 1.165) is 35.8 Å². The van der Waals surface area contributed by atoms with Crippen LogP contribution in [0.2, 0.25) is 0 Å². The van der Waals surface area contributed by atoms with Crippen LogP contribution in [-0.2, 0) is 30.2 Å². The van der Waals surface area contributed by atoms with E-state index in [9.17, 15) is 4.79 Å². The van der Waals surface area contributed by atoms with E-state index in [0.29, 0.717) is 23.6 Å². The fourth-order valence-corrected chi connectivity index (χ4v) is 4.46. The number of benzene rings is 1. The fraction of sp³-hybridized carbons (Fsp3) is 0.360. The molecule has 5 rings (SSSR count). The van der Waals surface area contributed by atoms with Gasteiger partial charge in [-0.2, -0.15) is 5.10 Å². The van der Waals surface area contributed by atoms with Crippen molar-refractivity contribution in [2.75, 3.05) is 5.32 Å². The second-order valence-electron chi connectivity index (χ2n) is 9.36. The van der Waals surface area contributed by atoms with Crippen LogP contribution in [0.25, 0.3) is 11.0 Å². The normalized spacial score (nSPS) is 14.8. The van der Waals surface area contributed by atoms with Crippen LogP contribution in [0.1, 0.15) is 45.0 Å². The Balaban J connectivity index is 1.39. The van der Waals surface area contributed by atoms with E-state index < -0.39 is 0 Å². The Bertz CT molecular complexity index is 1350. The summed E-state index contributed by atoms with van der Waals surface area (Å²) < 4.78 is 10.1. The minimum Gasteiger partial charge on any atom is -0.457 e. The quantitative estimate of drug-likeness (QED) is 0.455. The molecule has 0 amide bonds. The molecular formula is C25H28N6O2. The minimum absolute atomic E-state index is 0.0677. The first-order chi connectivity index (χ1) is 15.8. The molecule has 1 aliphatic rings. The summed E-state index contributed by atoms with van der Waals surface area (Å²) in [5.41, 5.74) is 3.88.